The fourth-order valence-corrected chi connectivity index (χ4v) is 3.66. The van der Waals surface area contributed by atoms with E-state index in [9.17, 15) is 4.79 Å². The van der Waals surface area contributed by atoms with E-state index >= 15 is 0 Å². The maximum atomic E-state index is 12.3. The average Bonchev–Trinajstić information content (AvgIpc) is 3.09. The fourth-order valence-electron chi connectivity index (χ4n) is 3.66. The van der Waals surface area contributed by atoms with Crippen LogP contribution >= 0.6 is 0 Å². The Morgan fingerprint density at radius 2 is 2.18 bits per heavy atom. The van der Waals surface area contributed by atoms with Gasteiger partial charge in [0, 0.05) is 19.1 Å². The number of likely N-dealkylation sites (N-methyl/N-ethyl adjacent to an activating group) is 1. The number of furan rings is 1. The van der Waals surface area contributed by atoms with E-state index in [2.05, 4.69) is 31.0 Å². The van der Waals surface area contributed by atoms with E-state index in [1.807, 2.05) is 4.90 Å². The second kappa shape index (κ2) is 6.29. The van der Waals surface area contributed by atoms with Crippen LogP contribution in [0.5, 0.6) is 0 Å². The second-order valence-electron chi connectivity index (χ2n) is 6.67. The van der Waals surface area contributed by atoms with Crippen LogP contribution in [0.4, 0.5) is 0 Å². The van der Waals surface area contributed by atoms with Gasteiger partial charge in [0.25, 0.3) is 5.91 Å². The van der Waals surface area contributed by atoms with Gasteiger partial charge in [0.2, 0.25) is 0 Å². The average molecular weight is 302 g/mol. The smallest absolute Gasteiger partial charge is 0.289 e. The third-order valence-corrected chi connectivity index (χ3v) is 5.45. The number of rotatable bonds is 3. The number of hydrogen-bond acceptors (Lipinski definition) is 3. The number of hydrogen-bond donors (Lipinski definition) is 0. The van der Waals surface area contributed by atoms with Crippen molar-refractivity contribution >= 4 is 5.91 Å². The molecule has 0 radical (unpaired) electrons. The first-order chi connectivity index (χ1) is 10.6. The van der Waals surface area contributed by atoms with Crippen molar-refractivity contribution in [2.24, 2.45) is 5.41 Å². The normalized spacial score (nSPS) is 24.1. The summed E-state index contributed by atoms with van der Waals surface area (Å²) in [6.45, 7) is 4.96. The van der Waals surface area contributed by atoms with Crippen LogP contribution in [-0.4, -0.2) is 48.4 Å². The van der Waals surface area contributed by atoms with Gasteiger partial charge in [0.15, 0.2) is 5.76 Å². The molecule has 4 nitrogen and oxygen atoms in total. The summed E-state index contributed by atoms with van der Waals surface area (Å²) in [4.78, 5) is 16.7. The summed E-state index contributed by atoms with van der Waals surface area (Å²) in [5.41, 5.74) is 0.311. The van der Waals surface area contributed by atoms with Crippen molar-refractivity contribution in [3.05, 3.63) is 36.3 Å². The highest BCUT2D eigenvalue weighted by Crippen LogP contribution is 2.41. The van der Waals surface area contributed by atoms with Crippen molar-refractivity contribution in [1.82, 2.24) is 9.80 Å². The maximum Gasteiger partial charge on any atom is 0.289 e. The molecule has 0 aromatic carbocycles. The lowest BCUT2D eigenvalue weighted by atomic mass is 9.71. The highest BCUT2D eigenvalue weighted by atomic mass is 16.3. The van der Waals surface area contributed by atoms with E-state index in [-0.39, 0.29) is 5.91 Å². The van der Waals surface area contributed by atoms with Gasteiger partial charge < -0.3 is 14.2 Å². The van der Waals surface area contributed by atoms with Gasteiger partial charge >= 0.3 is 0 Å². The molecular formula is C18H26N2O2. The topological polar surface area (TPSA) is 36.7 Å². The molecule has 1 aliphatic carbocycles. The Labute approximate surface area is 132 Å². The van der Waals surface area contributed by atoms with Crippen LogP contribution in [0, 0.1) is 5.41 Å². The van der Waals surface area contributed by atoms with E-state index in [4.69, 9.17) is 4.42 Å². The van der Waals surface area contributed by atoms with Gasteiger partial charge in [0.05, 0.1) is 6.26 Å². The third-order valence-electron chi connectivity index (χ3n) is 5.45. The van der Waals surface area contributed by atoms with Crippen LogP contribution in [0.3, 0.4) is 0 Å². The largest absolute Gasteiger partial charge is 0.459 e. The maximum absolute atomic E-state index is 12.3. The molecular weight excluding hydrogens is 276 g/mol. The monoisotopic (exact) mass is 302 g/mol. The summed E-state index contributed by atoms with van der Waals surface area (Å²) < 4.78 is 5.23. The van der Waals surface area contributed by atoms with Crippen LogP contribution in [0.2, 0.25) is 0 Å². The first-order valence-electron chi connectivity index (χ1n) is 8.36. The number of carbonyl (C=O) groups excluding carboxylic acids is 1. The minimum atomic E-state index is 0.0308. The van der Waals surface area contributed by atoms with Crippen molar-refractivity contribution in [3.63, 3.8) is 0 Å². The molecule has 2 aliphatic rings. The zero-order valence-corrected chi connectivity index (χ0v) is 13.6. The zero-order valence-electron chi connectivity index (χ0n) is 13.6. The Bertz CT molecular complexity index is 527. The Kier molecular flexibility index (Phi) is 4.39. The van der Waals surface area contributed by atoms with Gasteiger partial charge in [0.1, 0.15) is 0 Å². The van der Waals surface area contributed by atoms with E-state index in [0.717, 1.165) is 32.5 Å². The van der Waals surface area contributed by atoms with Gasteiger partial charge in [-0.2, -0.15) is 0 Å². The van der Waals surface area contributed by atoms with Crippen LogP contribution in [0.25, 0.3) is 0 Å². The molecule has 4 heteroatoms. The summed E-state index contributed by atoms with van der Waals surface area (Å²) in [6, 6.07) is 4.10. The standard InChI is InChI=1S/C18H26N2O2/c1-3-19(2)15-6-8-18(9-7-15)10-12-20(13-11-18)17(21)16-5-4-14-22-16/h4-6,8,14-15H,3,7,9-13H2,1-2H3. The molecule has 1 spiro atoms. The molecule has 1 fully saturated rings. The van der Waals surface area contributed by atoms with Gasteiger partial charge in [-0.3, -0.25) is 4.79 Å². The summed E-state index contributed by atoms with van der Waals surface area (Å²) >= 11 is 0. The van der Waals surface area contributed by atoms with Crippen molar-refractivity contribution in [2.45, 2.75) is 38.6 Å². The molecule has 1 saturated heterocycles. The molecule has 1 atom stereocenters. The van der Waals surface area contributed by atoms with Crippen LogP contribution in [0.15, 0.2) is 35.0 Å². The fraction of sp³-hybridized carbons (Fsp3) is 0.611. The van der Waals surface area contributed by atoms with E-state index in [1.165, 1.54) is 12.8 Å². The van der Waals surface area contributed by atoms with E-state index in [0.29, 0.717) is 17.2 Å². The Morgan fingerprint density at radius 3 is 2.73 bits per heavy atom. The minimum Gasteiger partial charge on any atom is -0.459 e. The Hall–Kier alpha value is -1.55. The molecule has 1 aromatic heterocycles. The Balaban J connectivity index is 1.59. The third kappa shape index (κ3) is 2.98. The molecule has 22 heavy (non-hydrogen) atoms. The number of carbonyl (C=O) groups is 1. The first kappa shape index (κ1) is 15.3. The molecule has 3 rings (SSSR count). The molecule has 1 amide bonds. The lowest BCUT2D eigenvalue weighted by molar-refractivity contribution is 0.0580. The van der Waals surface area contributed by atoms with Crippen molar-refractivity contribution in [3.8, 4) is 0 Å². The van der Waals surface area contributed by atoms with Gasteiger partial charge in [-0.15, -0.1) is 0 Å². The van der Waals surface area contributed by atoms with Gasteiger partial charge in [-0.1, -0.05) is 19.1 Å². The lowest BCUT2D eigenvalue weighted by Crippen LogP contribution is -2.44. The van der Waals surface area contributed by atoms with E-state index in [1.54, 1.807) is 18.4 Å². The van der Waals surface area contributed by atoms with Crippen LogP contribution < -0.4 is 0 Å². The van der Waals surface area contributed by atoms with E-state index < -0.39 is 0 Å². The van der Waals surface area contributed by atoms with Crippen molar-refractivity contribution in [1.29, 1.82) is 0 Å². The number of likely N-dealkylation sites (tertiary alicyclic amines) is 1. The second-order valence-corrected chi connectivity index (χ2v) is 6.67. The van der Waals surface area contributed by atoms with Crippen LogP contribution in [0.1, 0.15) is 43.2 Å². The molecule has 0 bridgehead atoms. The zero-order chi connectivity index (χ0) is 15.6. The summed E-state index contributed by atoms with van der Waals surface area (Å²) in [5, 5.41) is 0. The van der Waals surface area contributed by atoms with Crippen molar-refractivity contribution < 1.29 is 9.21 Å². The van der Waals surface area contributed by atoms with Crippen molar-refractivity contribution in [2.75, 3.05) is 26.7 Å². The molecule has 1 aliphatic heterocycles. The predicted octanol–water partition coefficient (Wildman–Crippen LogP) is 3.17. The highest BCUT2D eigenvalue weighted by molar-refractivity contribution is 5.91. The lowest BCUT2D eigenvalue weighted by Gasteiger charge is -2.43. The van der Waals surface area contributed by atoms with Gasteiger partial charge in [-0.25, -0.2) is 0 Å². The predicted molar refractivity (Wildman–Crippen MR) is 86.7 cm³/mol. The minimum absolute atomic E-state index is 0.0308. The number of piperidine rings is 1. The molecule has 0 saturated carbocycles. The summed E-state index contributed by atoms with van der Waals surface area (Å²) in [7, 11) is 2.19. The van der Waals surface area contributed by atoms with Gasteiger partial charge in [-0.05, 0) is 56.8 Å². The summed E-state index contributed by atoms with van der Waals surface area (Å²) in [6.07, 6.45) is 11.0. The SMILES string of the molecule is CCN(C)C1C=CC2(CC1)CCN(C(=O)c1ccco1)CC2. The molecule has 120 valence electrons. The molecule has 2 heterocycles. The molecule has 1 aromatic rings. The summed E-state index contributed by atoms with van der Waals surface area (Å²) in [5.74, 6) is 0.489. The highest BCUT2D eigenvalue weighted by Gasteiger charge is 2.37. The Morgan fingerprint density at radius 1 is 1.41 bits per heavy atom. The molecule has 0 N–H and O–H groups in total. The molecule has 1 unspecified atom stereocenters. The number of amides is 1. The first-order valence-corrected chi connectivity index (χ1v) is 8.36. The quantitative estimate of drug-likeness (QED) is 0.805. The number of allylic oxidation sites excluding steroid dienone is 1. The van der Waals surface area contributed by atoms with Crippen LogP contribution in [-0.2, 0) is 0 Å². The number of nitrogens with zero attached hydrogens (tertiary/aromatic N) is 2.